The predicted molar refractivity (Wildman–Crippen MR) is 59.6 cm³/mol. The van der Waals surface area contributed by atoms with Crippen molar-refractivity contribution in [1.82, 2.24) is 4.72 Å². The molecule has 0 bridgehead atoms. The van der Waals surface area contributed by atoms with Crippen LogP contribution in [-0.2, 0) is 10.0 Å². The fourth-order valence-electron chi connectivity index (χ4n) is 1.01. The predicted octanol–water partition coefficient (Wildman–Crippen LogP) is 2.28. The molecule has 0 atom stereocenters. The highest BCUT2D eigenvalue weighted by molar-refractivity contribution is 9.10. The van der Waals surface area contributed by atoms with Gasteiger partial charge in [0, 0.05) is 11.0 Å². The molecule has 0 aliphatic rings. The van der Waals surface area contributed by atoms with Gasteiger partial charge in [0.2, 0.25) is 10.0 Å². The molecule has 0 spiro atoms. The van der Waals surface area contributed by atoms with Gasteiger partial charge >= 0.3 is 0 Å². The third-order valence-corrected chi connectivity index (χ3v) is 4.16. The lowest BCUT2D eigenvalue weighted by Crippen LogP contribution is -2.24. The monoisotopic (exact) mass is 295 g/mol. The van der Waals surface area contributed by atoms with Crippen LogP contribution in [0.4, 0.5) is 4.39 Å². The number of benzene rings is 1. The first kappa shape index (κ1) is 12.6. The van der Waals surface area contributed by atoms with Crippen LogP contribution in [0.5, 0.6) is 0 Å². The molecular formula is C9H11BrFNO2S. The van der Waals surface area contributed by atoms with E-state index in [1.807, 2.05) is 6.92 Å². The molecule has 0 unspecified atom stereocenters. The molecule has 6 heteroatoms. The summed E-state index contributed by atoms with van der Waals surface area (Å²) < 4.78 is 38.7. The third-order valence-electron chi connectivity index (χ3n) is 1.73. The number of hydrogen-bond acceptors (Lipinski definition) is 2. The zero-order valence-electron chi connectivity index (χ0n) is 8.13. The molecule has 0 aromatic heterocycles. The van der Waals surface area contributed by atoms with Crippen molar-refractivity contribution < 1.29 is 12.8 Å². The van der Waals surface area contributed by atoms with Gasteiger partial charge in [-0.15, -0.1) is 0 Å². The molecule has 0 aliphatic heterocycles. The topological polar surface area (TPSA) is 46.2 Å². The molecule has 84 valence electrons. The summed E-state index contributed by atoms with van der Waals surface area (Å²) >= 11 is 3.02. The van der Waals surface area contributed by atoms with Crippen molar-refractivity contribution in [1.29, 1.82) is 0 Å². The summed E-state index contributed by atoms with van der Waals surface area (Å²) in [7, 11) is -3.53. The molecule has 1 aromatic rings. The van der Waals surface area contributed by atoms with E-state index in [0.717, 1.165) is 12.1 Å². The van der Waals surface area contributed by atoms with E-state index in [4.69, 9.17) is 0 Å². The highest BCUT2D eigenvalue weighted by atomic mass is 79.9. The van der Waals surface area contributed by atoms with Crippen LogP contribution in [-0.4, -0.2) is 15.0 Å². The third kappa shape index (κ3) is 3.25. The second kappa shape index (κ2) is 5.05. The smallest absolute Gasteiger partial charge is 0.211 e. The van der Waals surface area contributed by atoms with E-state index in [-0.39, 0.29) is 9.37 Å². The normalized spacial score (nSPS) is 11.7. The van der Waals surface area contributed by atoms with Gasteiger partial charge in [-0.25, -0.2) is 17.5 Å². The van der Waals surface area contributed by atoms with E-state index in [0.29, 0.717) is 13.0 Å². The quantitative estimate of drug-likeness (QED) is 0.926. The molecule has 0 fully saturated rings. The van der Waals surface area contributed by atoms with E-state index < -0.39 is 15.8 Å². The lowest BCUT2D eigenvalue weighted by atomic mass is 10.3. The molecule has 0 heterocycles. The van der Waals surface area contributed by atoms with Crippen LogP contribution in [0, 0.1) is 5.82 Å². The summed E-state index contributed by atoms with van der Waals surface area (Å²) in [5, 5.41) is 0. The molecule has 0 saturated heterocycles. The minimum atomic E-state index is -3.53. The van der Waals surface area contributed by atoms with Crippen molar-refractivity contribution in [3.8, 4) is 0 Å². The summed E-state index contributed by atoms with van der Waals surface area (Å²) in [4.78, 5) is 0.0531. The van der Waals surface area contributed by atoms with Gasteiger partial charge in [-0.2, -0.15) is 0 Å². The SMILES string of the molecule is CCCNS(=O)(=O)c1ccc(F)cc1Br. The highest BCUT2D eigenvalue weighted by Crippen LogP contribution is 2.22. The summed E-state index contributed by atoms with van der Waals surface area (Å²) in [6.45, 7) is 2.23. The van der Waals surface area contributed by atoms with Gasteiger partial charge in [-0.1, -0.05) is 6.92 Å². The van der Waals surface area contributed by atoms with Gasteiger partial charge in [-0.05, 0) is 40.5 Å². The average molecular weight is 296 g/mol. The van der Waals surface area contributed by atoms with E-state index in [2.05, 4.69) is 20.7 Å². The summed E-state index contributed by atoms with van der Waals surface area (Å²) in [6.07, 6.45) is 0.706. The van der Waals surface area contributed by atoms with Crippen LogP contribution in [0.15, 0.2) is 27.6 Å². The zero-order valence-corrected chi connectivity index (χ0v) is 10.5. The van der Waals surface area contributed by atoms with Crippen molar-refractivity contribution in [2.45, 2.75) is 18.2 Å². The van der Waals surface area contributed by atoms with E-state index in [1.54, 1.807) is 0 Å². The summed E-state index contributed by atoms with van der Waals surface area (Å²) in [5.74, 6) is -0.476. The fraction of sp³-hybridized carbons (Fsp3) is 0.333. The Morgan fingerprint density at radius 3 is 2.67 bits per heavy atom. The Bertz CT molecular complexity index is 447. The van der Waals surface area contributed by atoms with Gasteiger partial charge in [0.05, 0.1) is 4.90 Å². The van der Waals surface area contributed by atoms with Gasteiger partial charge in [0.25, 0.3) is 0 Å². The lowest BCUT2D eigenvalue weighted by molar-refractivity contribution is 0.579. The first-order valence-electron chi connectivity index (χ1n) is 4.42. The lowest BCUT2D eigenvalue weighted by Gasteiger charge is -2.07. The maximum absolute atomic E-state index is 12.7. The molecule has 0 amide bonds. The van der Waals surface area contributed by atoms with Crippen molar-refractivity contribution in [3.63, 3.8) is 0 Å². The number of sulfonamides is 1. The molecule has 1 aromatic carbocycles. The van der Waals surface area contributed by atoms with Crippen LogP contribution < -0.4 is 4.72 Å². The first-order chi connectivity index (χ1) is 6.97. The molecule has 0 aliphatic carbocycles. The molecule has 1 rings (SSSR count). The molecule has 0 saturated carbocycles. The number of nitrogens with one attached hydrogen (secondary N) is 1. The van der Waals surface area contributed by atoms with Crippen LogP contribution in [0.3, 0.4) is 0 Å². The maximum Gasteiger partial charge on any atom is 0.241 e. The minimum absolute atomic E-state index is 0.0531. The Labute approximate surface area is 96.9 Å². The summed E-state index contributed by atoms with van der Waals surface area (Å²) in [6, 6.07) is 3.48. The van der Waals surface area contributed by atoms with Crippen LogP contribution in [0.25, 0.3) is 0 Å². The Kier molecular flexibility index (Phi) is 4.24. The van der Waals surface area contributed by atoms with Gasteiger partial charge in [0.1, 0.15) is 5.82 Å². The van der Waals surface area contributed by atoms with E-state index in [1.165, 1.54) is 6.07 Å². The van der Waals surface area contributed by atoms with Gasteiger partial charge in [-0.3, -0.25) is 0 Å². The van der Waals surface area contributed by atoms with Crippen molar-refractivity contribution >= 4 is 26.0 Å². The Hall–Kier alpha value is -0.460. The number of hydrogen-bond donors (Lipinski definition) is 1. The van der Waals surface area contributed by atoms with Crippen molar-refractivity contribution in [2.24, 2.45) is 0 Å². The Morgan fingerprint density at radius 2 is 2.13 bits per heavy atom. The Balaban J connectivity index is 3.05. The largest absolute Gasteiger partial charge is 0.241 e. The molecule has 15 heavy (non-hydrogen) atoms. The first-order valence-corrected chi connectivity index (χ1v) is 6.69. The zero-order chi connectivity index (χ0) is 11.5. The fourth-order valence-corrected chi connectivity index (χ4v) is 3.19. The molecule has 3 nitrogen and oxygen atoms in total. The minimum Gasteiger partial charge on any atom is -0.211 e. The maximum atomic E-state index is 12.7. The van der Waals surface area contributed by atoms with E-state index in [9.17, 15) is 12.8 Å². The Morgan fingerprint density at radius 1 is 1.47 bits per heavy atom. The second-order valence-electron chi connectivity index (χ2n) is 2.97. The van der Waals surface area contributed by atoms with Crippen molar-refractivity contribution in [2.75, 3.05) is 6.54 Å². The number of rotatable bonds is 4. The second-order valence-corrected chi connectivity index (χ2v) is 5.56. The standard InChI is InChI=1S/C9H11BrFNO2S/c1-2-5-12-15(13,14)9-4-3-7(11)6-8(9)10/h3-4,6,12H,2,5H2,1H3. The molecular weight excluding hydrogens is 285 g/mol. The van der Waals surface area contributed by atoms with Crippen LogP contribution in [0.2, 0.25) is 0 Å². The van der Waals surface area contributed by atoms with Gasteiger partial charge < -0.3 is 0 Å². The van der Waals surface area contributed by atoms with Crippen LogP contribution >= 0.6 is 15.9 Å². The molecule has 0 radical (unpaired) electrons. The number of halogens is 2. The average Bonchev–Trinajstić information content (AvgIpc) is 2.14. The molecule has 1 N–H and O–H groups in total. The summed E-state index contributed by atoms with van der Waals surface area (Å²) in [5.41, 5.74) is 0. The van der Waals surface area contributed by atoms with Crippen LogP contribution in [0.1, 0.15) is 13.3 Å². The van der Waals surface area contributed by atoms with E-state index >= 15 is 0 Å². The van der Waals surface area contributed by atoms with Gasteiger partial charge in [0.15, 0.2) is 0 Å². The van der Waals surface area contributed by atoms with Crippen molar-refractivity contribution in [3.05, 3.63) is 28.5 Å². The highest BCUT2D eigenvalue weighted by Gasteiger charge is 2.16.